The van der Waals surface area contributed by atoms with Gasteiger partial charge < -0.3 is 14.8 Å². The van der Waals surface area contributed by atoms with Crippen molar-refractivity contribution in [3.63, 3.8) is 0 Å². The van der Waals surface area contributed by atoms with Crippen LogP contribution >= 0.6 is 0 Å². The van der Waals surface area contributed by atoms with Gasteiger partial charge >= 0.3 is 0 Å². The lowest BCUT2D eigenvalue weighted by molar-refractivity contribution is 0.0106. The number of nitrogens with zero attached hydrogens (tertiary/aromatic N) is 3. The number of fused-ring (bicyclic) bond motifs is 1. The zero-order chi connectivity index (χ0) is 18.5. The van der Waals surface area contributed by atoms with E-state index in [0.29, 0.717) is 31.3 Å². The van der Waals surface area contributed by atoms with Crippen molar-refractivity contribution in [3.05, 3.63) is 65.5 Å². The maximum absolute atomic E-state index is 9.46. The highest BCUT2D eigenvalue weighted by molar-refractivity contribution is 5.59. The summed E-state index contributed by atoms with van der Waals surface area (Å²) in [5.74, 6) is 0.601. The molecule has 3 aromatic rings. The molecule has 1 atom stereocenters. The Balaban J connectivity index is 1.38. The average molecular weight is 362 g/mol. The van der Waals surface area contributed by atoms with Gasteiger partial charge in [-0.05, 0) is 36.1 Å². The number of benzene rings is 1. The lowest BCUT2D eigenvalue weighted by Gasteiger charge is -2.11. The van der Waals surface area contributed by atoms with Crippen LogP contribution in [-0.2, 0) is 22.6 Å². The van der Waals surface area contributed by atoms with Crippen LogP contribution in [0.15, 0.2) is 48.7 Å². The number of aromatic nitrogens is 2. The lowest BCUT2D eigenvalue weighted by Crippen LogP contribution is -2.13. The van der Waals surface area contributed by atoms with Gasteiger partial charge in [-0.2, -0.15) is 5.26 Å². The zero-order valence-corrected chi connectivity index (χ0v) is 15.1. The predicted octanol–water partition coefficient (Wildman–Crippen LogP) is 3.51. The van der Waals surface area contributed by atoms with Crippen molar-refractivity contribution in [1.82, 2.24) is 9.38 Å². The van der Waals surface area contributed by atoms with Crippen LogP contribution < -0.4 is 5.32 Å². The van der Waals surface area contributed by atoms with Gasteiger partial charge in [0.15, 0.2) is 11.5 Å². The van der Waals surface area contributed by atoms with E-state index < -0.39 is 0 Å². The van der Waals surface area contributed by atoms with Gasteiger partial charge in [-0.15, -0.1) is 0 Å². The molecule has 4 rings (SSSR count). The van der Waals surface area contributed by atoms with Crippen LogP contribution in [0.5, 0.6) is 0 Å². The highest BCUT2D eigenvalue weighted by Gasteiger charge is 2.15. The number of pyridine rings is 1. The third-order valence-corrected chi connectivity index (χ3v) is 4.68. The van der Waals surface area contributed by atoms with Crippen LogP contribution in [0.2, 0.25) is 0 Å². The van der Waals surface area contributed by atoms with Crippen LogP contribution in [-0.4, -0.2) is 28.7 Å². The number of rotatable bonds is 7. The van der Waals surface area contributed by atoms with E-state index >= 15 is 0 Å². The number of anilines is 1. The molecule has 0 aliphatic carbocycles. The van der Waals surface area contributed by atoms with Crippen LogP contribution in [0.3, 0.4) is 0 Å². The molecule has 0 spiro atoms. The molecule has 27 heavy (non-hydrogen) atoms. The minimum Gasteiger partial charge on any atom is -0.376 e. The largest absolute Gasteiger partial charge is 0.376 e. The molecule has 1 fully saturated rings. The standard InChI is InChI=1S/C21H22N4O2/c22-12-19-21(24-20-8-1-2-9-25(19)20)23-13-16-5-3-6-17(11-16)14-26-15-18-7-4-10-27-18/h1-3,5-6,8-9,11,18,23H,4,7,10,13-15H2. The second-order valence-corrected chi connectivity index (χ2v) is 6.67. The molecule has 6 nitrogen and oxygen atoms in total. The molecule has 3 heterocycles. The highest BCUT2D eigenvalue weighted by Crippen LogP contribution is 2.18. The minimum absolute atomic E-state index is 0.245. The number of nitriles is 1. The first-order chi connectivity index (χ1) is 13.3. The Labute approximate surface area is 158 Å². The summed E-state index contributed by atoms with van der Waals surface area (Å²) in [6, 6.07) is 16.2. The van der Waals surface area contributed by atoms with E-state index in [2.05, 4.69) is 34.6 Å². The summed E-state index contributed by atoms with van der Waals surface area (Å²) in [5.41, 5.74) is 3.52. The summed E-state index contributed by atoms with van der Waals surface area (Å²) in [4.78, 5) is 4.51. The number of hydrogen-bond donors (Lipinski definition) is 1. The van der Waals surface area contributed by atoms with Gasteiger partial charge in [0.2, 0.25) is 0 Å². The molecule has 1 saturated heterocycles. The maximum Gasteiger partial charge on any atom is 0.168 e. The summed E-state index contributed by atoms with van der Waals surface area (Å²) in [6.07, 6.45) is 4.31. The molecule has 6 heteroatoms. The number of imidazole rings is 1. The first kappa shape index (κ1) is 17.5. The number of ether oxygens (including phenoxy) is 2. The Kier molecular flexibility index (Phi) is 5.33. The molecule has 2 aromatic heterocycles. The van der Waals surface area contributed by atoms with Crippen molar-refractivity contribution in [3.8, 4) is 6.07 Å². The summed E-state index contributed by atoms with van der Waals surface area (Å²) in [5, 5.41) is 12.7. The van der Waals surface area contributed by atoms with E-state index in [1.807, 2.05) is 30.5 Å². The maximum atomic E-state index is 9.46. The Hall–Kier alpha value is -2.88. The summed E-state index contributed by atoms with van der Waals surface area (Å²) < 4.78 is 13.2. The molecule has 1 aliphatic heterocycles. The molecule has 0 bridgehead atoms. The second kappa shape index (κ2) is 8.21. The summed E-state index contributed by atoms with van der Waals surface area (Å²) >= 11 is 0. The normalized spacial score (nSPS) is 16.5. The quantitative estimate of drug-likeness (QED) is 0.696. The van der Waals surface area contributed by atoms with Gasteiger partial charge in [-0.25, -0.2) is 4.98 Å². The number of nitrogens with one attached hydrogen (secondary N) is 1. The second-order valence-electron chi connectivity index (χ2n) is 6.67. The first-order valence-corrected chi connectivity index (χ1v) is 9.22. The van der Waals surface area contributed by atoms with Crippen molar-refractivity contribution in [1.29, 1.82) is 5.26 Å². The third-order valence-electron chi connectivity index (χ3n) is 4.68. The fourth-order valence-electron chi connectivity index (χ4n) is 3.33. The smallest absolute Gasteiger partial charge is 0.168 e. The van der Waals surface area contributed by atoms with Crippen molar-refractivity contribution in [2.75, 3.05) is 18.5 Å². The van der Waals surface area contributed by atoms with Gasteiger partial charge in [0, 0.05) is 19.3 Å². The van der Waals surface area contributed by atoms with Gasteiger partial charge in [0.05, 0.1) is 19.3 Å². The Bertz CT molecular complexity index is 954. The van der Waals surface area contributed by atoms with E-state index in [1.54, 1.807) is 4.40 Å². The zero-order valence-electron chi connectivity index (χ0n) is 15.1. The van der Waals surface area contributed by atoms with E-state index in [1.165, 1.54) is 0 Å². The molecule has 138 valence electrons. The van der Waals surface area contributed by atoms with Crippen molar-refractivity contribution in [2.45, 2.75) is 32.1 Å². The topological polar surface area (TPSA) is 71.6 Å². The Morgan fingerprint density at radius 1 is 1.26 bits per heavy atom. The van der Waals surface area contributed by atoms with Gasteiger partial charge in [-0.3, -0.25) is 4.40 Å². The van der Waals surface area contributed by atoms with Crippen LogP contribution in [0.1, 0.15) is 29.7 Å². The van der Waals surface area contributed by atoms with E-state index in [0.717, 1.165) is 36.2 Å². The SMILES string of the molecule is N#Cc1c(NCc2cccc(COCC3CCCO3)c2)nc2ccccn12. The van der Waals surface area contributed by atoms with E-state index in [9.17, 15) is 5.26 Å². The molecule has 1 aromatic carbocycles. The number of hydrogen-bond acceptors (Lipinski definition) is 5. The molecule has 1 aliphatic rings. The summed E-state index contributed by atoms with van der Waals surface area (Å²) in [7, 11) is 0. The molecular weight excluding hydrogens is 340 g/mol. The highest BCUT2D eigenvalue weighted by atomic mass is 16.5. The Morgan fingerprint density at radius 2 is 2.19 bits per heavy atom. The molecule has 1 N–H and O–H groups in total. The monoisotopic (exact) mass is 362 g/mol. The van der Waals surface area contributed by atoms with Crippen LogP contribution in [0.25, 0.3) is 5.65 Å². The molecule has 0 amide bonds. The van der Waals surface area contributed by atoms with E-state index in [-0.39, 0.29) is 6.10 Å². The van der Waals surface area contributed by atoms with Crippen molar-refractivity contribution >= 4 is 11.5 Å². The molecule has 1 unspecified atom stereocenters. The molecule has 0 saturated carbocycles. The average Bonchev–Trinajstić information content (AvgIpc) is 3.34. The predicted molar refractivity (Wildman–Crippen MR) is 102 cm³/mol. The van der Waals surface area contributed by atoms with Crippen molar-refractivity contribution < 1.29 is 9.47 Å². The van der Waals surface area contributed by atoms with E-state index in [4.69, 9.17) is 9.47 Å². The van der Waals surface area contributed by atoms with Crippen molar-refractivity contribution in [2.24, 2.45) is 0 Å². The van der Waals surface area contributed by atoms with Crippen LogP contribution in [0.4, 0.5) is 5.82 Å². The van der Waals surface area contributed by atoms with Crippen LogP contribution in [0, 0.1) is 11.3 Å². The fraction of sp³-hybridized carbons (Fsp3) is 0.333. The molecular formula is C21H22N4O2. The van der Waals surface area contributed by atoms with Gasteiger partial charge in [0.25, 0.3) is 0 Å². The summed E-state index contributed by atoms with van der Waals surface area (Å²) in [6.45, 7) is 2.67. The third kappa shape index (κ3) is 4.11. The first-order valence-electron chi connectivity index (χ1n) is 9.22. The molecule has 0 radical (unpaired) electrons. The fourth-order valence-corrected chi connectivity index (χ4v) is 3.33. The van der Waals surface area contributed by atoms with Gasteiger partial charge in [-0.1, -0.05) is 30.3 Å². The Morgan fingerprint density at radius 3 is 3.04 bits per heavy atom. The minimum atomic E-state index is 0.245. The lowest BCUT2D eigenvalue weighted by atomic mass is 10.1. The van der Waals surface area contributed by atoms with Gasteiger partial charge in [0.1, 0.15) is 11.7 Å².